The van der Waals surface area contributed by atoms with E-state index in [0.717, 1.165) is 17.8 Å². The number of fused-ring (bicyclic) bond motifs is 1. The molecule has 120 valence electrons. The van der Waals surface area contributed by atoms with E-state index in [0.29, 0.717) is 28.3 Å². The molecule has 1 fully saturated rings. The van der Waals surface area contributed by atoms with Gasteiger partial charge in [-0.25, -0.2) is 4.39 Å². The molecule has 0 unspecified atom stereocenters. The third-order valence-electron chi connectivity index (χ3n) is 3.68. The van der Waals surface area contributed by atoms with E-state index in [1.165, 1.54) is 17.4 Å². The van der Waals surface area contributed by atoms with Crippen molar-refractivity contribution >= 4 is 39.7 Å². The summed E-state index contributed by atoms with van der Waals surface area (Å²) in [5.41, 5.74) is 0.639. The van der Waals surface area contributed by atoms with Crippen LogP contribution in [-0.4, -0.2) is 32.7 Å². The Balaban J connectivity index is 0.00000176. The number of hydrogen-bond acceptors (Lipinski definition) is 4. The van der Waals surface area contributed by atoms with E-state index in [1.807, 2.05) is 6.07 Å². The first-order valence-electron chi connectivity index (χ1n) is 6.88. The first-order valence-corrected chi connectivity index (χ1v) is 7.70. The second-order valence-corrected chi connectivity index (χ2v) is 6.24. The number of halogens is 2. The van der Waals surface area contributed by atoms with Crippen LogP contribution in [0.5, 0.6) is 0 Å². The van der Waals surface area contributed by atoms with Crippen molar-refractivity contribution in [1.29, 1.82) is 0 Å². The number of ether oxygens (including phenoxy) is 1. The highest BCUT2D eigenvalue weighted by Crippen LogP contribution is 2.33. The molecule has 0 saturated carbocycles. The van der Waals surface area contributed by atoms with Crippen molar-refractivity contribution in [2.45, 2.75) is 6.61 Å². The molecule has 0 radical (unpaired) electrons. The SMILES string of the molecule is COCc1c(C(=O)NCC2CNC2)sc2cccc(F)c12.Cl. The fourth-order valence-corrected chi connectivity index (χ4v) is 3.58. The van der Waals surface area contributed by atoms with Gasteiger partial charge in [0.1, 0.15) is 5.82 Å². The molecule has 22 heavy (non-hydrogen) atoms. The molecular formula is C15H18ClFN2O2S. The van der Waals surface area contributed by atoms with Crippen LogP contribution in [0.4, 0.5) is 4.39 Å². The van der Waals surface area contributed by atoms with Crippen molar-refractivity contribution in [1.82, 2.24) is 10.6 Å². The molecule has 1 aromatic heterocycles. The van der Waals surface area contributed by atoms with E-state index in [2.05, 4.69) is 10.6 Å². The lowest BCUT2D eigenvalue weighted by molar-refractivity contribution is 0.0942. The predicted molar refractivity (Wildman–Crippen MR) is 88.4 cm³/mol. The maximum absolute atomic E-state index is 14.0. The van der Waals surface area contributed by atoms with E-state index in [-0.39, 0.29) is 30.7 Å². The van der Waals surface area contributed by atoms with Gasteiger partial charge in [0.15, 0.2) is 0 Å². The number of nitrogens with one attached hydrogen (secondary N) is 2. The number of hydrogen-bond donors (Lipinski definition) is 2. The summed E-state index contributed by atoms with van der Waals surface area (Å²) in [6.45, 7) is 2.75. The highest BCUT2D eigenvalue weighted by atomic mass is 35.5. The van der Waals surface area contributed by atoms with Crippen LogP contribution in [-0.2, 0) is 11.3 Å². The first-order chi connectivity index (χ1) is 10.2. The molecule has 3 rings (SSSR count). The summed E-state index contributed by atoms with van der Waals surface area (Å²) in [5, 5.41) is 6.60. The molecule has 7 heteroatoms. The Kier molecular flexibility index (Phi) is 5.74. The average molecular weight is 345 g/mol. The topological polar surface area (TPSA) is 50.4 Å². The zero-order chi connectivity index (χ0) is 14.8. The molecule has 1 amide bonds. The summed E-state index contributed by atoms with van der Waals surface area (Å²) in [6.07, 6.45) is 0. The van der Waals surface area contributed by atoms with Crippen molar-refractivity contribution in [3.8, 4) is 0 Å². The number of carbonyl (C=O) groups is 1. The lowest BCUT2D eigenvalue weighted by Gasteiger charge is -2.27. The van der Waals surface area contributed by atoms with Crippen LogP contribution in [0.3, 0.4) is 0 Å². The van der Waals surface area contributed by atoms with Crippen molar-refractivity contribution in [2.75, 3.05) is 26.7 Å². The van der Waals surface area contributed by atoms with Crippen LogP contribution >= 0.6 is 23.7 Å². The molecule has 1 aromatic carbocycles. The summed E-state index contributed by atoms with van der Waals surface area (Å²) < 4.78 is 20.0. The Labute approximate surface area is 138 Å². The minimum absolute atomic E-state index is 0. The molecule has 1 saturated heterocycles. The van der Waals surface area contributed by atoms with Gasteiger partial charge >= 0.3 is 0 Å². The second kappa shape index (κ2) is 7.37. The normalized spacial score (nSPS) is 14.5. The second-order valence-electron chi connectivity index (χ2n) is 5.19. The molecule has 2 heterocycles. The van der Waals surface area contributed by atoms with Crippen molar-refractivity contribution in [3.63, 3.8) is 0 Å². The van der Waals surface area contributed by atoms with E-state index >= 15 is 0 Å². The molecular weight excluding hydrogens is 327 g/mol. The third-order valence-corrected chi connectivity index (χ3v) is 4.87. The number of carbonyl (C=O) groups excluding carboxylic acids is 1. The lowest BCUT2D eigenvalue weighted by atomic mass is 10.0. The minimum atomic E-state index is -0.307. The van der Waals surface area contributed by atoms with E-state index in [4.69, 9.17) is 4.74 Å². The number of benzene rings is 1. The number of rotatable bonds is 5. The summed E-state index contributed by atoms with van der Waals surface area (Å²) in [7, 11) is 1.55. The molecule has 0 aliphatic carbocycles. The minimum Gasteiger partial charge on any atom is -0.380 e. The van der Waals surface area contributed by atoms with Crippen molar-refractivity contribution in [3.05, 3.63) is 34.5 Å². The van der Waals surface area contributed by atoms with Gasteiger partial charge in [0.2, 0.25) is 0 Å². The number of amides is 1. The maximum atomic E-state index is 14.0. The maximum Gasteiger partial charge on any atom is 0.261 e. The monoisotopic (exact) mass is 344 g/mol. The number of thiophene rings is 1. The van der Waals surface area contributed by atoms with Gasteiger partial charge in [-0.1, -0.05) is 6.07 Å². The average Bonchev–Trinajstić information content (AvgIpc) is 2.78. The van der Waals surface area contributed by atoms with Gasteiger partial charge in [0, 0.05) is 48.3 Å². The molecule has 1 aliphatic rings. The first kappa shape index (κ1) is 17.1. The van der Waals surface area contributed by atoms with Gasteiger partial charge < -0.3 is 15.4 Å². The van der Waals surface area contributed by atoms with Crippen molar-refractivity contribution < 1.29 is 13.9 Å². The Morgan fingerprint density at radius 2 is 2.27 bits per heavy atom. The van der Waals surface area contributed by atoms with Crippen LogP contribution in [0.15, 0.2) is 18.2 Å². The van der Waals surface area contributed by atoms with Gasteiger partial charge in [-0.05, 0) is 12.1 Å². The molecule has 2 aromatic rings. The van der Waals surface area contributed by atoms with E-state index in [1.54, 1.807) is 13.2 Å². The van der Waals surface area contributed by atoms with Crippen LogP contribution < -0.4 is 10.6 Å². The van der Waals surface area contributed by atoms with Crippen LogP contribution in [0.25, 0.3) is 10.1 Å². The summed E-state index contributed by atoms with van der Waals surface area (Å²) in [5.74, 6) is 0.0403. The van der Waals surface area contributed by atoms with E-state index < -0.39 is 0 Å². The lowest BCUT2D eigenvalue weighted by Crippen LogP contribution is -2.48. The van der Waals surface area contributed by atoms with Gasteiger partial charge in [-0.2, -0.15) is 0 Å². The highest BCUT2D eigenvalue weighted by Gasteiger charge is 2.22. The zero-order valence-electron chi connectivity index (χ0n) is 12.1. The summed E-state index contributed by atoms with van der Waals surface area (Å²) in [6, 6.07) is 4.90. The van der Waals surface area contributed by atoms with Crippen LogP contribution in [0.2, 0.25) is 0 Å². The molecule has 0 spiro atoms. The van der Waals surface area contributed by atoms with Gasteiger partial charge in [-0.3, -0.25) is 4.79 Å². The molecule has 1 aliphatic heterocycles. The smallest absolute Gasteiger partial charge is 0.261 e. The van der Waals surface area contributed by atoms with Gasteiger partial charge in [0.05, 0.1) is 11.5 Å². The highest BCUT2D eigenvalue weighted by molar-refractivity contribution is 7.21. The molecule has 0 atom stereocenters. The predicted octanol–water partition coefficient (Wildman–Crippen LogP) is 2.56. The Bertz CT molecular complexity index is 673. The standard InChI is InChI=1S/C15H17FN2O2S.ClH/c1-20-8-10-13-11(16)3-2-4-12(13)21-14(10)15(19)18-7-9-5-17-6-9;/h2-4,9,17H,5-8H2,1H3,(H,18,19);1H. The quantitative estimate of drug-likeness (QED) is 0.876. The van der Waals surface area contributed by atoms with Gasteiger partial charge in [0.25, 0.3) is 5.91 Å². The molecule has 0 bridgehead atoms. The fourth-order valence-electron chi connectivity index (χ4n) is 2.44. The molecule has 2 N–H and O–H groups in total. The Morgan fingerprint density at radius 3 is 2.91 bits per heavy atom. The number of methoxy groups -OCH3 is 1. The van der Waals surface area contributed by atoms with Crippen LogP contribution in [0, 0.1) is 11.7 Å². The zero-order valence-corrected chi connectivity index (χ0v) is 13.8. The Hall–Kier alpha value is -1.21. The third kappa shape index (κ3) is 3.25. The van der Waals surface area contributed by atoms with E-state index in [9.17, 15) is 9.18 Å². The van der Waals surface area contributed by atoms with Crippen molar-refractivity contribution in [2.24, 2.45) is 5.92 Å². The van der Waals surface area contributed by atoms with Crippen LogP contribution in [0.1, 0.15) is 15.2 Å². The Morgan fingerprint density at radius 1 is 1.50 bits per heavy atom. The van der Waals surface area contributed by atoms with Gasteiger partial charge in [-0.15, -0.1) is 23.7 Å². The fraction of sp³-hybridized carbons (Fsp3) is 0.400. The summed E-state index contributed by atoms with van der Waals surface area (Å²) >= 11 is 1.32. The summed E-state index contributed by atoms with van der Waals surface area (Å²) in [4.78, 5) is 12.9. The molecule has 4 nitrogen and oxygen atoms in total. The largest absolute Gasteiger partial charge is 0.380 e.